The van der Waals surface area contributed by atoms with Gasteiger partial charge in [-0.05, 0) is 57.0 Å². The molecule has 5 nitrogen and oxygen atoms in total. The number of oxazole rings is 1. The molecule has 0 bridgehead atoms. The molecule has 1 aliphatic heterocycles. The highest BCUT2D eigenvalue weighted by molar-refractivity contribution is 5.54. The van der Waals surface area contributed by atoms with Crippen molar-refractivity contribution in [3.8, 4) is 17.2 Å². The summed E-state index contributed by atoms with van der Waals surface area (Å²) < 4.78 is 23.4. The minimum absolute atomic E-state index is 0.528. The van der Waals surface area contributed by atoms with Crippen LogP contribution >= 0.6 is 0 Å². The van der Waals surface area contributed by atoms with Crippen LogP contribution in [0.1, 0.15) is 35.9 Å². The van der Waals surface area contributed by atoms with E-state index < -0.39 is 5.79 Å². The Balaban J connectivity index is 1.30. The highest BCUT2D eigenvalue weighted by Crippen LogP contribution is 2.25. The maximum atomic E-state index is 5.92. The molecule has 30 heavy (non-hydrogen) atoms. The monoisotopic (exact) mass is 407 g/mol. The fourth-order valence-corrected chi connectivity index (χ4v) is 3.60. The van der Waals surface area contributed by atoms with E-state index in [1.165, 1.54) is 11.1 Å². The Morgan fingerprint density at radius 1 is 0.967 bits per heavy atom. The lowest BCUT2D eigenvalue weighted by Crippen LogP contribution is -2.39. The lowest BCUT2D eigenvalue weighted by molar-refractivity contribution is -0.254. The summed E-state index contributed by atoms with van der Waals surface area (Å²) in [6, 6.07) is 16.3. The Hall–Kier alpha value is -2.63. The molecule has 0 saturated carbocycles. The predicted molar refractivity (Wildman–Crippen MR) is 116 cm³/mol. The highest BCUT2D eigenvalue weighted by atomic mass is 16.7. The van der Waals surface area contributed by atoms with Crippen molar-refractivity contribution in [1.82, 2.24) is 4.98 Å². The molecule has 0 unspecified atom stereocenters. The zero-order chi connectivity index (χ0) is 21.0. The van der Waals surface area contributed by atoms with Crippen LogP contribution in [0, 0.1) is 13.8 Å². The molecule has 0 aliphatic carbocycles. The lowest BCUT2D eigenvalue weighted by Gasteiger charge is -2.34. The molecule has 1 aromatic heterocycles. The van der Waals surface area contributed by atoms with Gasteiger partial charge in [-0.2, -0.15) is 0 Å². The normalized spacial score (nSPS) is 15.8. The van der Waals surface area contributed by atoms with Gasteiger partial charge in [0.15, 0.2) is 5.79 Å². The summed E-state index contributed by atoms with van der Waals surface area (Å²) >= 11 is 0. The Morgan fingerprint density at radius 3 is 2.37 bits per heavy atom. The van der Waals surface area contributed by atoms with Crippen molar-refractivity contribution in [2.24, 2.45) is 0 Å². The van der Waals surface area contributed by atoms with E-state index in [-0.39, 0.29) is 0 Å². The smallest absolute Gasteiger partial charge is 0.226 e. The third kappa shape index (κ3) is 5.10. The van der Waals surface area contributed by atoms with Crippen LogP contribution in [-0.2, 0) is 22.3 Å². The van der Waals surface area contributed by atoms with Crippen molar-refractivity contribution in [2.75, 3.05) is 19.8 Å². The Morgan fingerprint density at radius 2 is 1.67 bits per heavy atom. The minimum Gasteiger partial charge on any atom is -0.493 e. The molecule has 0 N–H and O–H groups in total. The van der Waals surface area contributed by atoms with Crippen LogP contribution in [0.4, 0.5) is 0 Å². The first-order valence-corrected chi connectivity index (χ1v) is 10.5. The fraction of sp³-hybridized carbons (Fsp3) is 0.400. The van der Waals surface area contributed by atoms with Crippen LogP contribution in [0.15, 0.2) is 52.9 Å². The molecule has 3 aromatic rings. The van der Waals surface area contributed by atoms with Gasteiger partial charge < -0.3 is 18.6 Å². The van der Waals surface area contributed by atoms with Crippen LogP contribution in [-0.4, -0.2) is 30.6 Å². The van der Waals surface area contributed by atoms with Crippen molar-refractivity contribution >= 4 is 0 Å². The van der Waals surface area contributed by atoms with Gasteiger partial charge in [-0.1, -0.05) is 29.8 Å². The first-order valence-electron chi connectivity index (χ1n) is 10.5. The first-order chi connectivity index (χ1) is 14.5. The maximum absolute atomic E-state index is 5.92. The average molecular weight is 408 g/mol. The quantitative estimate of drug-likeness (QED) is 0.534. The van der Waals surface area contributed by atoms with E-state index in [0.717, 1.165) is 48.8 Å². The van der Waals surface area contributed by atoms with E-state index in [4.69, 9.17) is 18.6 Å². The fourth-order valence-electron chi connectivity index (χ4n) is 3.60. The minimum atomic E-state index is -0.528. The van der Waals surface area contributed by atoms with Gasteiger partial charge in [0.1, 0.15) is 11.5 Å². The summed E-state index contributed by atoms with van der Waals surface area (Å²) in [5, 5.41) is 0. The lowest BCUT2D eigenvalue weighted by atomic mass is 10.1. The topological polar surface area (TPSA) is 53.7 Å². The third-order valence-electron chi connectivity index (χ3n) is 5.35. The molecule has 4 rings (SSSR count). The summed E-state index contributed by atoms with van der Waals surface area (Å²) in [6.45, 7) is 8.07. The Kier molecular flexibility index (Phi) is 6.21. The number of benzene rings is 2. The summed E-state index contributed by atoms with van der Waals surface area (Å²) in [5.74, 6) is 1.81. The first kappa shape index (κ1) is 20.6. The zero-order valence-corrected chi connectivity index (χ0v) is 17.9. The number of hydrogen-bond acceptors (Lipinski definition) is 5. The molecule has 2 aromatic carbocycles. The van der Waals surface area contributed by atoms with Crippen LogP contribution < -0.4 is 4.74 Å². The molecule has 158 valence electrons. The molecule has 1 saturated heterocycles. The highest BCUT2D eigenvalue weighted by Gasteiger charge is 2.29. The molecule has 1 aliphatic rings. The summed E-state index contributed by atoms with van der Waals surface area (Å²) in [7, 11) is 0. The van der Waals surface area contributed by atoms with Crippen molar-refractivity contribution < 1.29 is 18.6 Å². The second kappa shape index (κ2) is 9.02. The van der Waals surface area contributed by atoms with Crippen molar-refractivity contribution in [3.63, 3.8) is 0 Å². The van der Waals surface area contributed by atoms with Crippen molar-refractivity contribution in [2.45, 2.75) is 45.8 Å². The number of nitrogens with zero attached hydrogens (tertiary/aromatic N) is 1. The number of aryl methyl sites for hydroxylation is 2. The van der Waals surface area contributed by atoms with E-state index in [2.05, 4.69) is 36.2 Å². The number of hydrogen-bond donors (Lipinski definition) is 0. The average Bonchev–Trinajstić information content (AvgIpc) is 3.11. The molecule has 2 heterocycles. The number of ether oxygens (including phenoxy) is 3. The van der Waals surface area contributed by atoms with Crippen LogP contribution in [0.2, 0.25) is 0 Å². The molecule has 1 fully saturated rings. The van der Waals surface area contributed by atoms with E-state index in [1.807, 2.05) is 38.1 Å². The third-order valence-corrected chi connectivity index (χ3v) is 5.35. The van der Waals surface area contributed by atoms with Gasteiger partial charge in [-0.15, -0.1) is 0 Å². The van der Waals surface area contributed by atoms with Gasteiger partial charge in [0.2, 0.25) is 5.89 Å². The number of rotatable bonds is 7. The summed E-state index contributed by atoms with van der Waals surface area (Å²) in [6.07, 6.45) is 2.38. The molecule has 0 amide bonds. The standard InChI is InChI=1S/C25H29NO4/c1-18-5-9-21(10-6-18)24-26-23(19(2)30-24)13-16-27-22-11-7-20(8-12-22)17-25(3)28-14-4-15-29-25/h5-12H,4,13-17H2,1-3H3. The molecule has 5 heteroatoms. The second-order valence-electron chi connectivity index (χ2n) is 7.99. The van der Waals surface area contributed by atoms with Gasteiger partial charge in [0.05, 0.1) is 25.5 Å². The Labute approximate surface area is 178 Å². The van der Waals surface area contributed by atoms with Gasteiger partial charge in [-0.3, -0.25) is 0 Å². The van der Waals surface area contributed by atoms with E-state index in [0.29, 0.717) is 18.9 Å². The van der Waals surface area contributed by atoms with Crippen LogP contribution in [0.3, 0.4) is 0 Å². The van der Waals surface area contributed by atoms with E-state index in [9.17, 15) is 0 Å². The van der Waals surface area contributed by atoms with E-state index in [1.54, 1.807) is 0 Å². The SMILES string of the molecule is Cc1ccc(-c2nc(CCOc3ccc(CC4(C)OCCCO4)cc3)c(C)o2)cc1. The van der Waals surface area contributed by atoms with Gasteiger partial charge in [-0.25, -0.2) is 4.98 Å². The van der Waals surface area contributed by atoms with Gasteiger partial charge in [0, 0.05) is 18.4 Å². The molecule has 0 spiro atoms. The molecule has 0 atom stereocenters. The zero-order valence-electron chi connectivity index (χ0n) is 17.9. The van der Waals surface area contributed by atoms with Gasteiger partial charge >= 0.3 is 0 Å². The number of aromatic nitrogens is 1. The van der Waals surface area contributed by atoms with Crippen molar-refractivity contribution in [1.29, 1.82) is 0 Å². The molecule has 0 radical (unpaired) electrons. The largest absolute Gasteiger partial charge is 0.493 e. The Bertz CT molecular complexity index is 954. The summed E-state index contributed by atoms with van der Waals surface area (Å²) in [5.41, 5.74) is 4.31. The summed E-state index contributed by atoms with van der Waals surface area (Å²) in [4.78, 5) is 4.65. The van der Waals surface area contributed by atoms with E-state index >= 15 is 0 Å². The molecular formula is C25H29NO4. The predicted octanol–water partition coefficient (Wildman–Crippen LogP) is 5.28. The van der Waals surface area contributed by atoms with Crippen molar-refractivity contribution in [3.05, 3.63) is 71.1 Å². The maximum Gasteiger partial charge on any atom is 0.226 e. The molecular weight excluding hydrogens is 378 g/mol. The van der Waals surface area contributed by atoms with Crippen LogP contribution in [0.5, 0.6) is 5.75 Å². The van der Waals surface area contributed by atoms with Crippen LogP contribution in [0.25, 0.3) is 11.5 Å². The van der Waals surface area contributed by atoms with Gasteiger partial charge in [0.25, 0.3) is 0 Å². The second-order valence-corrected chi connectivity index (χ2v) is 7.99.